The predicted molar refractivity (Wildman–Crippen MR) is 107 cm³/mol. The predicted octanol–water partition coefficient (Wildman–Crippen LogP) is 3.37. The van der Waals surface area contributed by atoms with Crippen LogP contribution < -0.4 is 15.5 Å². The molecule has 2 N–H and O–H groups in total. The Bertz CT molecular complexity index is 951. The van der Waals surface area contributed by atoms with Crippen molar-refractivity contribution in [1.82, 2.24) is 24.8 Å². The highest BCUT2D eigenvalue weighted by atomic mass is 35.5. The Kier molecular flexibility index (Phi) is 4.68. The minimum absolute atomic E-state index is 0.0475. The Morgan fingerprint density at radius 1 is 1.22 bits per heavy atom. The summed E-state index contributed by atoms with van der Waals surface area (Å²) < 4.78 is 1.96. The van der Waals surface area contributed by atoms with E-state index in [-0.39, 0.29) is 6.04 Å². The Hall–Kier alpha value is -3.06. The van der Waals surface area contributed by atoms with Gasteiger partial charge in [0, 0.05) is 36.2 Å². The van der Waals surface area contributed by atoms with Gasteiger partial charge in [-0.1, -0.05) is 18.2 Å². The zero-order valence-corrected chi connectivity index (χ0v) is 15.7. The van der Waals surface area contributed by atoms with E-state index < -0.39 is 0 Å². The molecule has 27 heavy (non-hydrogen) atoms. The van der Waals surface area contributed by atoms with Crippen molar-refractivity contribution in [1.29, 1.82) is 0 Å². The van der Waals surface area contributed by atoms with Crippen molar-refractivity contribution in [3.05, 3.63) is 72.2 Å². The van der Waals surface area contributed by atoms with Crippen LogP contribution in [0.1, 0.15) is 18.7 Å². The van der Waals surface area contributed by atoms with E-state index in [0.29, 0.717) is 11.0 Å². The van der Waals surface area contributed by atoms with E-state index in [4.69, 9.17) is 11.6 Å². The normalized spacial score (nSPS) is 14.9. The first kappa shape index (κ1) is 17.4. The molecule has 2 aromatic heterocycles. The van der Waals surface area contributed by atoms with Crippen molar-refractivity contribution in [3.63, 3.8) is 0 Å². The third kappa shape index (κ3) is 3.73. The lowest BCUT2D eigenvalue weighted by Crippen LogP contribution is -2.20. The van der Waals surface area contributed by atoms with Crippen LogP contribution in [-0.2, 0) is 0 Å². The van der Waals surface area contributed by atoms with Crippen molar-refractivity contribution in [2.24, 2.45) is 0 Å². The van der Waals surface area contributed by atoms with Gasteiger partial charge < -0.3 is 20.1 Å². The Labute approximate surface area is 162 Å². The Morgan fingerprint density at radius 3 is 2.78 bits per heavy atom. The van der Waals surface area contributed by atoms with Crippen molar-refractivity contribution >= 4 is 23.4 Å². The van der Waals surface area contributed by atoms with Crippen molar-refractivity contribution in [3.8, 4) is 5.69 Å². The second-order valence-corrected chi connectivity index (χ2v) is 6.75. The second-order valence-electron chi connectivity index (χ2n) is 6.31. The third-order valence-electron chi connectivity index (χ3n) is 4.42. The third-order valence-corrected chi connectivity index (χ3v) is 4.68. The lowest BCUT2D eigenvalue weighted by Gasteiger charge is -2.18. The molecule has 0 amide bonds. The summed E-state index contributed by atoms with van der Waals surface area (Å²) in [5.74, 6) is 2.23. The van der Waals surface area contributed by atoms with Gasteiger partial charge in [0.25, 0.3) is 0 Å². The number of imidazole rings is 1. The van der Waals surface area contributed by atoms with Crippen LogP contribution in [0.4, 0.5) is 11.8 Å². The number of aromatic nitrogens is 4. The smallest absolute Gasteiger partial charge is 0.225 e. The number of nitrogens with zero attached hydrogens (tertiary/aromatic N) is 5. The van der Waals surface area contributed by atoms with E-state index in [0.717, 1.165) is 36.1 Å². The Morgan fingerprint density at radius 2 is 2.04 bits per heavy atom. The van der Waals surface area contributed by atoms with Crippen LogP contribution in [0.25, 0.3) is 5.69 Å². The largest absolute Gasteiger partial charge is 0.370 e. The van der Waals surface area contributed by atoms with Crippen molar-refractivity contribution in [2.45, 2.75) is 13.0 Å². The molecule has 4 rings (SSSR count). The zero-order valence-electron chi connectivity index (χ0n) is 14.9. The van der Waals surface area contributed by atoms with Crippen LogP contribution in [0, 0.1) is 0 Å². The van der Waals surface area contributed by atoms with Crippen LogP contribution in [0.3, 0.4) is 0 Å². The van der Waals surface area contributed by atoms with E-state index in [1.54, 1.807) is 12.5 Å². The van der Waals surface area contributed by atoms with Gasteiger partial charge in [0.15, 0.2) is 0 Å². The molecule has 0 saturated carbocycles. The fraction of sp³-hybridized carbons (Fsp3) is 0.211. The van der Waals surface area contributed by atoms with Gasteiger partial charge >= 0.3 is 0 Å². The molecule has 0 bridgehead atoms. The van der Waals surface area contributed by atoms with Crippen LogP contribution in [0.2, 0.25) is 5.02 Å². The highest BCUT2D eigenvalue weighted by Crippen LogP contribution is 2.21. The maximum atomic E-state index is 5.95. The molecule has 1 unspecified atom stereocenters. The maximum absolute atomic E-state index is 5.95. The molecule has 1 fully saturated rings. The van der Waals surface area contributed by atoms with Gasteiger partial charge in [-0.05, 0) is 37.3 Å². The summed E-state index contributed by atoms with van der Waals surface area (Å²) in [6.07, 6.45) is 5.51. The van der Waals surface area contributed by atoms with Crippen molar-refractivity contribution < 1.29 is 0 Å². The number of anilines is 2. The summed E-state index contributed by atoms with van der Waals surface area (Å²) in [4.78, 5) is 15.5. The fourth-order valence-corrected chi connectivity index (χ4v) is 3.07. The minimum atomic E-state index is -0.0475. The van der Waals surface area contributed by atoms with Gasteiger partial charge in [-0.25, -0.2) is 9.97 Å². The number of hydrogen-bond donors (Lipinski definition) is 2. The first-order valence-corrected chi connectivity index (χ1v) is 9.08. The average Bonchev–Trinajstić information content (AvgIpc) is 3.32. The number of benzene rings is 1. The van der Waals surface area contributed by atoms with Gasteiger partial charge in [0.2, 0.25) is 5.95 Å². The molecule has 0 spiro atoms. The average molecular weight is 382 g/mol. The summed E-state index contributed by atoms with van der Waals surface area (Å²) in [6, 6.07) is 9.46. The number of nitrogens with one attached hydrogen (secondary N) is 2. The molecule has 0 radical (unpaired) electrons. The standard InChI is InChI=1S/C19H20ClN7/c1-13(17-11-26(12-23-17)16-5-3-15(20)4-6-16)24-19-22-8-7-18(25-19)27-10-9-21-14(27)2/h3-8,11-13,21H,2,9-10H2,1H3,(H,22,24,25). The molecule has 3 aromatic rings. The first-order valence-electron chi connectivity index (χ1n) is 8.70. The molecule has 1 atom stereocenters. The minimum Gasteiger partial charge on any atom is -0.370 e. The van der Waals surface area contributed by atoms with Gasteiger partial charge in [0.1, 0.15) is 5.82 Å². The summed E-state index contributed by atoms with van der Waals surface area (Å²) in [5, 5.41) is 7.23. The van der Waals surface area contributed by atoms with Gasteiger partial charge in [-0.2, -0.15) is 4.98 Å². The first-order chi connectivity index (χ1) is 13.1. The highest BCUT2D eigenvalue weighted by Gasteiger charge is 2.18. The van der Waals surface area contributed by atoms with E-state index >= 15 is 0 Å². The molecular weight excluding hydrogens is 362 g/mol. The molecule has 1 aromatic carbocycles. The van der Waals surface area contributed by atoms with Gasteiger partial charge in [-0.3, -0.25) is 0 Å². The summed E-state index contributed by atoms with van der Waals surface area (Å²) in [6.45, 7) is 7.74. The highest BCUT2D eigenvalue weighted by molar-refractivity contribution is 6.30. The van der Waals surface area contributed by atoms with Crippen LogP contribution >= 0.6 is 11.6 Å². The molecule has 0 aliphatic carbocycles. The quantitative estimate of drug-likeness (QED) is 0.706. The zero-order chi connectivity index (χ0) is 18.8. The van der Waals surface area contributed by atoms with E-state index in [9.17, 15) is 0 Å². The van der Waals surface area contributed by atoms with Gasteiger partial charge in [-0.15, -0.1) is 0 Å². The van der Waals surface area contributed by atoms with Crippen LogP contribution in [-0.4, -0.2) is 32.6 Å². The SMILES string of the molecule is C=C1NCCN1c1ccnc(NC(C)c2cn(-c3ccc(Cl)cc3)cn2)n1. The summed E-state index contributed by atoms with van der Waals surface area (Å²) >= 11 is 5.95. The van der Waals surface area contributed by atoms with E-state index in [1.807, 2.05) is 52.9 Å². The molecular formula is C19H20ClN7. The number of rotatable bonds is 5. The van der Waals surface area contributed by atoms with Gasteiger partial charge in [0.05, 0.1) is 23.9 Å². The van der Waals surface area contributed by atoms with E-state index in [1.165, 1.54) is 0 Å². The fourth-order valence-electron chi connectivity index (χ4n) is 2.95. The Balaban J connectivity index is 1.49. The molecule has 1 aliphatic rings. The summed E-state index contributed by atoms with van der Waals surface area (Å²) in [7, 11) is 0. The molecule has 8 heteroatoms. The number of hydrogen-bond acceptors (Lipinski definition) is 6. The molecule has 3 heterocycles. The molecule has 1 aliphatic heterocycles. The number of halogens is 1. The lowest BCUT2D eigenvalue weighted by molar-refractivity contribution is 0.827. The lowest BCUT2D eigenvalue weighted by atomic mass is 10.2. The van der Waals surface area contributed by atoms with Crippen LogP contribution in [0.5, 0.6) is 0 Å². The molecule has 1 saturated heterocycles. The topological polar surface area (TPSA) is 70.9 Å². The van der Waals surface area contributed by atoms with Crippen molar-refractivity contribution in [2.75, 3.05) is 23.3 Å². The monoisotopic (exact) mass is 381 g/mol. The molecule has 138 valence electrons. The summed E-state index contributed by atoms with van der Waals surface area (Å²) in [5.41, 5.74) is 1.90. The van der Waals surface area contributed by atoms with E-state index in [2.05, 4.69) is 32.2 Å². The second kappa shape index (κ2) is 7.28. The molecule has 7 nitrogen and oxygen atoms in total. The van der Waals surface area contributed by atoms with Crippen LogP contribution in [0.15, 0.2) is 61.5 Å². The maximum Gasteiger partial charge on any atom is 0.225 e.